The molecule has 0 saturated heterocycles. The Morgan fingerprint density at radius 1 is 0.351 bits per heavy atom. The minimum Gasteiger partial charge on any atom is -0.309 e. The number of nitriles is 2. The minimum atomic E-state index is 0.620. The normalized spacial score (nSPS) is 11.5. The van der Waals surface area contributed by atoms with E-state index in [-0.39, 0.29) is 0 Å². The fourth-order valence-electron chi connectivity index (χ4n) is 9.10. The maximum absolute atomic E-state index is 10.1. The molecule has 3 nitrogen and oxygen atoms in total. The number of fused-ring (bicyclic) bond motifs is 2. The van der Waals surface area contributed by atoms with E-state index in [0.717, 1.165) is 60.5 Å². The lowest BCUT2D eigenvalue weighted by Gasteiger charge is -2.18. The van der Waals surface area contributed by atoms with E-state index < -0.39 is 0 Å². The van der Waals surface area contributed by atoms with Crippen LogP contribution in [0.2, 0.25) is 0 Å². The molecule has 0 unspecified atom stereocenters. The molecule has 10 aromatic carbocycles. The molecule has 1 heterocycles. The first-order valence-electron chi connectivity index (χ1n) is 19.1. The van der Waals surface area contributed by atoms with Crippen LogP contribution in [0.5, 0.6) is 0 Å². The summed E-state index contributed by atoms with van der Waals surface area (Å²) in [6.45, 7) is 0. The summed E-state index contributed by atoms with van der Waals surface area (Å²) in [5.74, 6) is 0. The summed E-state index contributed by atoms with van der Waals surface area (Å²) in [7, 11) is 0. The highest BCUT2D eigenvalue weighted by molar-refractivity contribution is 6.27. The molecule has 0 atom stereocenters. The molecular weight excluding hydrogens is 691 g/mol. The lowest BCUT2D eigenvalue weighted by Crippen LogP contribution is -1.94. The van der Waals surface area contributed by atoms with Gasteiger partial charge in [-0.05, 0) is 120 Å². The Morgan fingerprint density at radius 3 is 1.53 bits per heavy atom. The number of benzene rings is 10. The van der Waals surface area contributed by atoms with Crippen molar-refractivity contribution in [3.05, 3.63) is 199 Å². The van der Waals surface area contributed by atoms with Crippen LogP contribution in [0.25, 0.3) is 104 Å². The van der Waals surface area contributed by atoms with Gasteiger partial charge in [-0.15, -0.1) is 0 Å². The maximum atomic E-state index is 10.1. The summed E-state index contributed by atoms with van der Waals surface area (Å²) in [5.41, 5.74) is 13.9. The summed E-state index contributed by atoms with van der Waals surface area (Å²) >= 11 is 0. The lowest BCUT2D eigenvalue weighted by molar-refractivity contribution is 1.18. The van der Waals surface area contributed by atoms with E-state index in [4.69, 9.17) is 0 Å². The largest absolute Gasteiger partial charge is 0.309 e. The van der Waals surface area contributed by atoms with Crippen molar-refractivity contribution in [2.75, 3.05) is 0 Å². The summed E-state index contributed by atoms with van der Waals surface area (Å²) in [6.07, 6.45) is 0. The van der Waals surface area contributed by atoms with Gasteiger partial charge in [-0.3, -0.25) is 0 Å². The second-order valence-corrected chi connectivity index (χ2v) is 14.6. The second kappa shape index (κ2) is 12.8. The standard InChI is InChI=1S/C54H31N3/c55-32-34-15-23-41(24-16-34)57-49-29-22-40(33-56)43-26-27-46-42(28-30-50(57)54(46)53(43)49)36-19-17-35(18-20-36)39-21-25-47-48(31-39)52(38-11-5-2-6-12-38)45-14-8-7-13-44(45)51(47)37-9-3-1-4-10-37/h1-31H. The van der Waals surface area contributed by atoms with E-state index in [1.807, 2.05) is 36.4 Å². The third-order valence-corrected chi connectivity index (χ3v) is 11.6. The Hall–Kier alpha value is -7.98. The predicted octanol–water partition coefficient (Wildman–Crippen LogP) is 14.1. The van der Waals surface area contributed by atoms with E-state index in [1.54, 1.807) is 0 Å². The van der Waals surface area contributed by atoms with E-state index in [1.165, 1.54) is 43.8 Å². The number of rotatable bonds is 5. The Bertz CT molecular complexity index is 3440. The lowest BCUT2D eigenvalue weighted by atomic mass is 9.85. The molecule has 0 bridgehead atoms. The van der Waals surface area contributed by atoms with Crippen LogP contribution in [0, 0.1) is 22.7 Å². The Balaban J connectivity index is 1.08. The fourth-order valence-corrected chi connectivity index (χ4v) is 9.10. The monoisotopic (exact) mass is 721 g/mol. The highest BCUT2D eigenvalue weighted by atomic mass is 15.0. The fraction of sp³-hybridized carbons (Fsp3) is 0. The molecule has 0 radical (unpaired) electrons. The third-order valence-electron chi connectivity index (χ3n) is 11.6. The maximum Gasteiger partial charge on any atom is 0.0998 e. The Morgan fingerprint density at radius 2 is 0.877 bits per heavy atom. The van der Waals surface area contributed by atoms with Crippen molar-refractivity contribution in [1.82, 2.24) is 4.57 Å². The number of hydrogen-bond donors (Lipinski definition) is 0. The number of aromatic nitrogens is 1. The molecule has 1 aromatic heterocycles. The zero-order valence-electron chi connectivity index (χ0n) is 30.7. The van der Waals surface area contributed by atoms with Gasteiger partial charge in [0.2, 0.25) is 0 Å². The Labute approximate surface area is 329 Å². The van der Waals surface area contributed by atoms with Gasteiger partial charge in [0.15, 0.2) is 0 Å². The van der Waals surface area contributed by atoms with Crippen molar-refractivity contribution >= 4 is 54.1 Å². The van der Waals surface area contributed by atoms with Gasteiger partial charge >= 0.3 is 0 Å². The Kier molecular flexibility index (Phi) is 7.30. The minimum absolute atomic E-state index is 0.620. The van der Waals surface area contributed by atoms with Crippen LogP contribution in [0.3, 0.4) is 0 Å². The van der Waals surface area contributed by atoms with Crippen LogP contribution in [0.15, 0.2) is 188 Å². The molecule has 57 heavy (non-hydrogen) atoms. The van der Waals surface area contributed by atoms with E-state index in [2.05, 4.69) is 168 Å². The summed E-state index contributed by atoms with van der Waals surface area (Å²) < 4.78 is 2.25. The molecule has 0 N–H and O–H groups in total. The van der Waals surface area contributed by atoms with Gasteiger partial charge in [-0.25, -0.2) is 0 Å². The molecule has 0 aliphatic rings. The van der Waals surface area contributed by atoms with E-state index in [0.29, 0.717) is 11.1 Å². The quantitative estimate of drug-likeness (QED) is 0.131. The molecule has 0 aliphatic heterocycles. The van der Waals surface area contributed by atoms with Gasteiger partial charge in [0.05, 0.1) is 34.3 Å². The third kappa shape index (κ3) is 4.97. The number of nitrogens with zero attached hydrogens (tertiary/aromatic N) is 3. The van der Waals surface area contributed by atoms with Gasteiger partial charge in [0.1, 0.15) is 0 Å². The molecule has 11 rings (SSSR count). The zero-order chi connectivity index (χ0) is 38.0. The molecule has 0 aliphatic carbocycles. The molecule has 11 aromatic rings. The summed E-state index contributed by atoms with van der Waals surface area (Å²) in [6, 6.07) is 71.1. The van der Waals surface area contributed by atoms with Crippen LogP contribution < -0.4 is 0 Å². The van der Waals surface area contributed by atoms with Crippen LogP contribution >= 0.6 is 0 Å². The van der Waals surface area contributed by atoms with E-state index in [9.17, 15) is 10.5 Å². The van der Waals surface area contributed by atoms with Crippen molar-refractivity contribution in [2.24, 2.45) is 0 Å². The van der Waals surface area contributed by atoms with E-state index >= 15 is 0 Å². The number of hydrogen-bond acceptors (Lipinski definition) is 2. The van der Waals surface area contributed by atoms with Gasteiger partial charge in [-0.2, -0.15) is 10.5 Å². The van der Waals surface area contributed by atoms with Gasteiger partial charge < -0.3 is 4.57 Å². The molecule has 3 heteroatoms. The first-order chi connectivity index (χ1) is 28.2. The molecule has 0 fully saturated rings. The summed E-state index contributed by atoms with van der Waals surface area (Å²) in [5, 5.41) is 28.8. The van der Waals surface area contributed by atoms with Crippen molar-refractivity contribution in [3.63, 3.8) is 0 Å². The first kappa shape index (κ1) is 32.5. The second-order valence-electron chi connectivity index (χ2n) is 14.6. The molecule has 0 amide bonds. The van der Waals surface area contributed by atoms with Crippen molar-refractivity contribution in [3.8, 4) is 62.3 Å². The topological polar surface area (TPSA) is 52.5 Å². The van der Waals surface area contributed by atoms with Crippen LogP contribution in [0.4, 0.5) is 0 Å². The van der Waals surface area contributed by atoms with Crippen molar-refractivity contribution in [2.45, 2.75) is 0 Å². The van der Waals surface area contributed by atoms with Crippen molar-refractivity contribution in [1.29, 1.82) is 10.5 Å². The molecule has 0 spiro atoms. The zero-order valence-corrected chi connectivity index (χ0v) is 30.7. The summed E-state index contributed by atoms with van der Waals surface area (Å²) in [4.78, 5) is 0. The average molecular weight is 722 g/mol. The SMILES string of the molecule is N#Cc1ccc(-n2c3ccc(C#N)c4ccc5c(-c6ccc(-c7ccc8c(-c9ccccc9)c9ccccc9c(-c9ccccc9)c8c7)cc6)ccc2c5c43)cc1. The van der Waals surface area contributed by atoms with Crippen molar-refractivity contribution < 1.29 is 0 Å². The highest BCUT2D eigenvalue weighted by Gasteiger charge is 2.21. The van der Waals surface area contributed by atoms with Crippen LogP contribution in [-0.4, -0.2) is 4.57 Å². The highest BCUT2D eigenvalue weighted by Crippen LogP contribution is 2.46. The van der Waals surface area contributed by atoms with Gasteiger partial charge in [0.25, 0.3) is 0 Å². The smallest absolute Gasteiger partial charge is 0.0998 e. The molecule has 262 valence electrons. The first-order valence-corrected chi connectivity index (χ1v) is 19.1. The molecular formula is C54H31N3. The average Bonchev–Trinajstić information content (AvgIpc) is 3.63. The van der Waals surface area contributed by atoms with Crippen LogP contribution in [0.1, 0.15) is 11.1 Å². The predicted molar refractivity (Wildman–Crippen MR) is 236 cm³/mol. The van der Waals surface area contributed by atoms with Gasteiger partial charge in [0, 0.05) is 21.8 Å². The van der Waals surface area contributed by atoms with Gasteiger partial charge in [-0.1, -0.05) is 140 Å². The molecule has 0 saturated carbocycles. The van der Waals surface area contributed by atoms with Crippen LogP contribution in [-0.2, 0) is 0 Å².